The predicted molar refractivity (Wildman–Crippen MR) is 109 cm³/mol. The van der Waals surface area contributed by atoms with Crippen LogP contribution in [0.4, 0.5) is 17.6 Å². The van der Waals surface area contributed by atoms with Gasteiger partial charge in [-0.1, -0.05) is 19.3 Å². The molecule has 0 radical (unpaired) electrons. The van der Waals surface area contributed by atoms with Gasteiger partial charge in [-0.2, -0.15) is 18.3 Å². The molecular weight excluding hydrogens is 444 g/mol. The van der Waals surface area contributed by atoms with Crippen molar-refractivity contribution in [3.8, 4) is 11.3 Å². The average molecular weight is 464 g/mol. The van der Waals surface area contributed by atoms with Crippen molar-refractivity contribution in [2.24, 2.45) is 0 Å². The quantitative estimate of drug-likeness (QED) is 0.580. The minimum absolute atomic E-state index is 0.119. The van der Waals surface area contributed by atoms with Crippen molar-refractivity contribution in [3.63, 3.8) is 0 Å². The lowest BCUT2D eigenvalue weighted by atomic mass is 10.0. The maximum Gasteiger partial charge on any atom is 0.433 e. The van der Waals surface area contributed by atoms with E-state index in [9.17, 15) is 32.3 Å². The topological polar surface area (TPSA) is 87.8 Å². The summed E-state index contributed by atoms with van der Waals surface area (Å²) in [5, 5.41) is 13.4. The zero-order chi connectivity index (χ0) is 23.8. The highest BCUT2D eigenvalue weighted by atomic mass is 19.4. The van der Waals surface area contributed by atoms with Gasteiger partial charge in [-0.25, -0.2) is 18.7 Å². The largest absolute Gasteiger partial charge is 0.480 e. The van der Waals surface area contributed by atoms with Gasteiger partial charge in [0.15, 0.2) is 11.3 Å². The van der Waals surface area contributed by atoms with Crippen molar-refractivity contribution in [1.29, 1.82) is 0 Å². The van der Waals surface area contributed by atoms with Crippen LogP contribution in [-0.4, -0.2) is 49.1 Å². The Hall–Kier alpha value is -3.50. The first-order chi connectivity index (χ1) is 15.7. The number of aliphatic carboxylic acids is 1. The van der Waals surface area contributed by atoms with Crippen LogP contribution in [0.3, 0.4) is 0 Å². The number of fused-ring (bicyclic) bond motifs is 1. The molecule has 1 saturated heterocycles. The molecular formula is C22H20F4N4O3. The molecule has 1 fully saturated rings. The van der Waals surface area contributed by atoms with E-state index in [1.165, 1.54) is 17.0 Å². The molecule has 174 valence electrons. The fraction of sp³-hybridized carbons (Fsp3) is 0.364. The Balaban J connectivity index is 1.85. The molecule has 4 rings (SSSR count). The van der Waals surface area contributed by atoms with Gasteiger partial charge in [0.1, 0.15) is 17.4 Å². The summed E-state index contributed by atoms with van der Waals surface area (Å²) in [6.45, 7) is 0.164. The van der Waals surface area contributed by atoms with Crippen LogP contribution in [0.25, 0.3) is 16.9 Å². The third-order valence-corrected chi connectivity index (χ3v) is 5.68. The van der Waals surface area contributed by atoms with E-state index in [1.54, 1.807) is 0 Å². The van der Waals surface area contributed by atoms with Gasteiger partial charge in [0, 0.05) is 12.1 Å². The van der Waals surface area contributed by atoms with E-state index in [-0.39, 0.29) is 35.4 Å². The molecule has 1 atom stereocenters. The number of hydrogen-bond donors (Lipinski definition) is 1. The van der Waals surface area contributed by atoms with E-state index in [0.717, 1.165) is 37.2 Å². The van der Waals surface area contributed by atoms with E-state index in [0.29, 0.717) is 17.4 Å². The Morgan fingerprint density at radius 3 is 2.42 bits per heavy atom. The molecule has 2 aromatic heterocycles. The third kappa shape index (κ3) is 4.53. The van der Waals surface area contributed by atoms with Gasteiger partial charge in [0.25, 0.3) is 5.91 Å². The summed E-state index contributed by atoms with van der Waals surface area (Å²) < 4.78 is 55.2. The summed E-state index contributed by atoms with van der Waals surface area (Å²) in [4.78, 5) is 30.6. The maximum atomic E-state index is 13.8. The second-order valence-electron chi connectivity index (χ2n) is 7.88. The van der Waals surface area contributed by atoms with Crippen molar-refractivity contribution >= 4 is 17.5 Å². The Kier molecular flexibility index (Phi) is 6.05. The molecule has 1 aromatic carbocycles. The van der Waals surface area contributed by atoms with Crippen LogP contribution in [-0.2, 0) is 11.0 Å². The zero-order valence-electron chi connectivity index (χ0n) is 17.3. The normalized spacial score (nSPS) is 17.6. The van der Waals surface area contributed by atoms with Crippen molar-refractivity contribution in [1.82, 2.24) is 19.5 Å². The van der Waals surface area contributed by atoms with Gasteiger partial charge in [-0.05, 0) is 43.2 Å². The summed E-state index contributed by atoms with van der Waals surface area (Å²) in [6, 6.07) is 4.44. The van der Waals surface area contributed by atoms with Crippen LogP contribution in [0.5, 0.6) is 0 Å². The van der Waals surface area contributed by atoms with Crippen LogP contribution < -0.4 is 0 Å². The van der Waals surface area contributed by atoms with Crippen molar-refractivity contribution in [3.05, 3.63) is 53.6 Å². The Morgan fingerprint density at radius 1 is 1.06 bits per heavy atom. The van der Waals surface area contributed by atoms with Gasteiger partial charge < -0.3 is 10.0 Å². The van der Waals surface area contributed by atoms with Crippen LogP contribution in [0.15, 0.2) is 36.5 Å². The van der Waals surface area contributed by atoms with E-state index >= 15 is 0 Å². The minimum Gasteiger partial charge on any atom is -0.480 e. The van der Waals surface area contributed by atoms with Crippen molar-refractivity contribution in [2.45, 2.75) is 44.3 Å². The van der Waals surface area contributed by atoms with Crippen LogP contribution in [0.1, 0.15) is 48.2 Å². The Labute approximate surface area is 185 Å². The highest BCUT2D eigenvalue weighted by Crippen LogP contribution is 2.33. The lowest BCUT2D eigenvalue weighted by Gasteiger charge is -2.30. The van der Waals surface area contributed by atoms with E-state index in [1.807, 2.05) is 0 Å². The number of carboxylic acid groups (broad SMARTS) is 1. The van der Waals surface area contributed by atoms with Gasteiger partial charge in [-0.15, -0.1) is 0 Å². The Morgan fingerprint density at radius 2 is 1.76 bits per heavy atom. The Bertz CT molecular complexity index is 1190. The molecule has 11 heteroatoms. The first kappa shape index (κ1) is 22.7. The highest BCUT2D eigenvalue weighted by molar-refractivity contribution is 6.01. The predicted octanol–water partition coefficient (Wildman–Crippen LogP) is 4.41. The summed E-state index contributed by atoms with van der Waals surface area (Å²) in [7, 11) is 0. The second-order valence-corrected chi connectivity index (χ2v) is 7.88. The summed E-state index contributed by atoms with van der Waals surface area (Å²) in [5.74, 6) is -2.47. The molecule has 33 heavy (non-hydrogen) atoms. The fourth-order valence-electron chi connectivity index (χ4n) is 4.02. The van der Waals surface area contributed by atoms with Gasteiger partial charge >= 0.3 is 12.1 Å². The first-order valence-corrected chi connectivity index (χ1v) is 10.4. The number of rotatable bonds is 3. The van der Waals surface area contributed by atoms with Gasteiger partial charge in [-0.3, -0.25) is 4.79 Å². The molecule has 1 aliphatic rings. The van der Waals surface area contributed by atoms with E-state index in [4.69, 9.17) is 0 Å². The van der Waals surface area contributed by atoms with Gasteiger partial charge in [0.05, 0.1) is 11.9 Å². The number of alkyl halides is 3. The van der Waals surface area contributed by atoms with Crippen LogP contribution in [0.2, 0.25) is 0 Å². The number of carbonyl (C=O) groups is 2. The summed E-state index contributed by atoms with van der Waals surface area (Å²) in [6.07, 6.45) is -0.714. The number of nitrogens with zero attached hydrogens (tertiary/aromatic N) is 4. The first-order valence-electron chi connectivity index (χ1n) is 10.4. The van der Waals surface area contributed by atoms with E-state index in [2.05, 4.69) is 10.1 Å². The monoisotopic (exact) mass is 464 g/mol. The summed E-state index contributed by atoms with van der Waals surface area (Å²) >= 11 is 0. The number of halogens is 4. The molecule has 0 spiro atoms. The zero-order valence-corrected chi connectivity index (χ0v) is 17.3. The molecule has 1 N–H and O–H groups in total. The molecule has 3 heterocycles. The molecule has 0 aliphatic carbocycles. The standard InChI is InChI=1S/C22H20F4N4O3/c23-14-8-6-13(7-9-14)16-11-18(22(24,25)26)30-19(28-16)15(12-27-30)20(31)29-10-4-2-1-3-5-17(29)21(32)33/h6-9,11-12,17H,1-5,10H2,(H,32,33). The third-order valence-electron chi connectivity index (χ3n) is 5.68. The van der Waals surface area contributed by atoms with Crippen molar-refractivity contribution in [2.75, 3.05) is 6.54 Å². The summed E-state index contributed by atoms with van der Waals surface area (Å²) in [5.41, 5.74) is -1.63. The van der Waals surface area contributed by atoms with Crippen LogP contribution in [0, 0.1) is 5.82 Å². The number of hydrogen-bond acceptors (Lipinski definition) is 4. The SMILES string of the molecule is O=C(O)C1CCCCCCN1C(=O)c1cnn2c(C(F)(F)F)cc(-c3ccc(F)cc3)nc12. The highest BCUT2D eigenvalue weighted by Gasteiger charge is 2.37. The minimum atomic E-state index is -4.81. The number of likely N-dealkylation sites (tertiary alicyclic amines) is 1. The maximum absolute atomic E-state index is 13.8. The van der Waals surface area contributed by atoms with Gasteiger partial charge in [0.2, 0.25) is 0 Å². The van der Waals surface area contributed by atoms with E-state index < -0.39 is 35.6 Å². The number of carbonyl (C=O) groups excluding carboxylic acids is 1. The molecule has 7 nitrogen and oxygen atoms in total. The fourth-order valence-corrected chi connectivity index (χ4v) is 4.02. The smallest absolute Gasteiger partial charge is 0.433 e. The number of carboxylic acids is 1. The number of aromatic nitrogens is 3. The lowest BCUT2D eigenvalue weighted by Crippen LogP contribution is -2.46. The number of amides is 1. The molecule has 1 amide bonds. The van der Waals surface area contributed by atoms with Crippen molar-refractivity contribution < 1.29 is 32.3 Å². The molecule has 3 aromatic rings. The molecule has 0 saturated carbocycles. The molecule has 1 unspecified atom stereocenters. The molecule has 0 bridgehead atoms. The van der Waals surface area contributed by atoms with Crippen LogP contribution >= 0.6 is 0 Å². The second kappa shape index (κ2) is 8.80. The lowest BCUT2D eigenvalue weighted by molar-refractivity contribution is -0.143. The molecule has 1 aliphatic heterocycles. The number of benzene rings is 1. The average Bonchev–Trinajstić information content (AvgIpc) is 3.16.